The van der Waals surface area contributed by atoms with Crippen LogP contribution in [-0.2, 0) is 12.7 Å². The maximum atomic E-state index is 13.5. The lowest BCUT2D eigenvalue weighted by atomic mass is 9.98. The minimum atomic E-state index is -4.81. The quantitative estimate of drug-likeness (QED) is 0.708. The molecule has 2 aliphatic heterocycles. The molecule has 2 atom stereocenters. The second-order valence-electron chi connectivity index (χ2n) is 6.81. The van der Waals surface area contributed by atoms with Crippen LogP contribution in [0.25, 0.3) is 0 Å². The number of hydrazone groups is 1. The van der Waals surface area contributed by atoms with E-state index in [-0.39, 0.29) is 28.3 Å². The van der Waals surface area contributed by atoms with E-state index in [1.54, 1.807) is 12.2 Å². The smallest absolute Gasteiger partial charge is 0.420 e. The van der Waals surface area contributed by atoms with Gasteiger partial charge in [-0.25, -0.2) is 4.99 Å². The number of hydrogen-bond acceptors (Lipinski definition) is 6. The predicted molar refractivity (Wildman–Crippen MR) is 111 cm³/mol. The summed E-state index contributed by atoms with van der Waals surface area (Å²) >= 11 is 11.8. The second-order valence-corrected chi connectivity index (χ2v) is 7.69. The highest BCUT2D eigenvalue weighted by atomic mass is 35.5. The fourth-order valence-electron chi connectivity index (χ4n) is 3.24. The number of benzene rings is 1. The number of nitrogens with two attached hydrogens (primary N) is 1. The highest BCUT2D eigenvalue weighted by Gasteiger charge is 2.37. The molecule has 2 unspecified atom stereocenters. The number of aliphatic imine (C=N–C) groups is 1. The Kier molecular flexibility index (Phi) is 5.44. The third-order valence-corrected chi connectivity index (χ3v) is 5.08. The average molecular weight is 472 g/mol. The second kappa shape index (κ2) is 7.93. The van der Waals surface area contributed by atoms with Crippen LogP contribution in [0.5, 0.6) is 11.5 Å². The molecule has 0 fully saturated rings. The maximum absolute atomic E-state index is 13.5. The highest BCUT2D eigenvalue weighted by molar-refractivity contribution is 6.34. The summed E-state index contributed by atoms with van der Waals surface area (Å²) in [6, 6.07) is 4.68. The van der Waals surface area contributed by atoms with Crippen molar-refractivity contribution in [3.05, 3.63) is 68.6 Å². The van der Waals surface area contributed by atoms with Crippen LogP contribution in [0.4, 0.5) is 13.2 Å². The van der Waals surface area contributed by atoms with E-state index in [9.17, 15) is 18.0 Å². The molecular weight excluding hydrogens is 458 g/mol. The van der Waals surface area contributed by atoms with Crippen LogP contribution in [0.15, 0.2) is 57.5 Å². The molecule has 1 aromatic heterocycles. The first-order valence-electron chi connectivity index (χ1n) is 8.90. The molecular formula is C19H14Cl2F3N5O2. The number of fused-ring (bicyclic) bond motifs is 1. The van der Waals surface area contributed by atoms with E-state index in [4.69, 9.17) is 33.7 Å². The lowest BCUT2D eigenvalue weighted by molar-refractivity contribution is -0.138. The molecule has 0 saturated carbocycles. The van der Waals surface area contributed by atoms with Crippen molar-refractivity contribution < 1.29 is 17.9 Å². The number of amidine groups is 1. The van der Waals surface area contributed by atoms with Crippen molar-refractivity contribution in [2.24, 2.45) is 21.7 Å². The van der Waals surface area contributed by atoms with Gasteiger partial charge in [0.05, 0.1) is 18.2 Å². The number of halogens is 5. The van der Waals surface area contributed by atoms with Gasteiger partial charge in [0.25, 0.3) is 5.56 Å². The van der Waals surface area contributed by atoms with Gasteiger partial charge >= 0.3 is 6.18 Å². The number of aromatic nitrogens is 1. The molecule has 12 heteroatoms. The molecule has 7 nitrogen and oxygen atoms in total. The topological polar surface area (TPSA) is 94.0 Å². The molecule has 2 aliphatic rings. The summed E-state index contributed by atoms with van der Waals surface area (Å²) < 4.78 is 47.0. The van der Waals surface area contributed by atoms with E-state index in [1.165, 1.54) is 18.2 Å². The van der Waals surface area contributed by atoms with E-state index in [2.05, 4.69) is 15.5 Å². The van der Waals surface area contributed by atoms with Crippen LogP contribution in [0.1, 0.15) is 5.56 Å². The van der Waals surface area contributed by atoms with Gasteiger partial charge in [-0.1, -0.05) is 29.3 Å². The molecule has 3 N–H and O–H groups in total. The Hall–Kier alpha value is -2.98. The van der Waals surface area contributed by atoms with E-state index in [0.29, 0.717) is 11.5 Å². The van der Waals surface area contributed by atoms with Gasteiger partial charge in [-0.05, 0) is 30.3 Å². The summed E-state index contributed by atoms with van der Waals surface area (Å²) in [5, 5.41) is 4.45. The number of ether oxygens (including phenoxy) is 1. The number of rotatable bonds is 4. The zero-order valence-electron chi connectivity index (χ0n) is 15.5. The molecule has 1 aromatic carbocycles. The van der Waals surface area contributed by atoms with Gasteiger partial charge in [0.1, 0.15) is 23.3 Å². The van der Waals surface area contributed by atoms with Gasteiger partial charge in [0.15, 0.2) is 0 Å². The van der Waals surface area contributed by atoms with Gasteiger partial charge < -0.3 is 15.0 Å². The van der Waals surface area contributed by atoms with Gasteiger partial charge in [0.2, 0.25) is 5.75 Å². The molecule has 0 radical (unpaired) electrons. The Morgan fingerprint density at radius 1 is 1.23 bits per heavy atom. The van der Waals surface area contributed by atoms with E-state index < -0.39 is 29.2 Å². The molecule has 0 aliphatic carbocycles. The van der Waals surface area contributed by atoms with Gasteiger partial charge in [0, 0.05) is 16.2 Å². The lowest BCUT2D eigenvalue weighted by Gasteiger charge is -2.19. The summed E-state index contributed by atoms with van der Waals surface area (Å²) in [6.07, 6.45) is -0.813. The molecule has 31 heavy (non-hydrogen) atoms. The van der Waals surface area contributed by atoms with Gasteiger partial charge in [-0.2, -0.15) is 18.3 Å². The van der Waals surface area contributed by atoms with Crippen molar-refractivity contribution in [1.29, 1.82) is 0 Å². The fourth-order valence-corrected chi connectivity index (χ4v) is 3.74. The molecule has 3 heterocycles. The molecule has 0 bridgehead atoms. The van der Waals surface area contributed by atoms with Crippen LogP contribution in [-0.4, -0.2) is 22.3 Å². The van der Waals surface area contributed by atoms with Crippen molar-refractivity contribution in [2.45, 2.75) is 18.9 Å². The summed E-state index contributed by atoms with van der Waals surface area (Å²) in [5.74, 6) is -0.943. The lowest BCUT2D eigenvalue weighted by Crippen LogP contribution is -2.34. The van der Waals surface area contributed by atoms with Crippen LogP contribution in [0.2, 0.25) is 10.0 Å². The van der Waals surface area contributed by atoms with Crippen molar-refractivity contribution in [3.63, 3.8) is 0 Å². The minimum absolute atomic E-state index is 0.0719. The summed E-state index contributed by atoms with van der Waals surface area (Å²) in [4.78, 5) is 17.1. The van der Waals surface area contributed by atoms with E-state index in [1.807, 2.05) is 0 Å². The Morgan fingerprint density at radius 3 is 2.61 bits per heavy atom. The number of nitrogens with zero attached hydrogens (tertiary/aromatic N) is 3. The third kappa shape index (κ3) is 4.40. The predicted octanol–water partition coefficient (Wildman–Crippen LogP) is 3.79. The Bertz CT molecular complexity index is 1170. The molecule has 0 spiro atoms. The minimum Gasteiger partial charge on any atom is -0.451 e. The van der Waals surface area contributed by atoms with Crippen LogP contribution in [0.3, 0.4) is 0 Å². The Labute approximate surface area is 183 Å². The Morgan fingerprint density at radius 2 is 1.94 bits per heavy atom. The first-order valence-corrected chi connectivity index (χ1v) is 9.65. The van der Waals surface area contributed by atoms with Crippen LogP contribution >= 0.6 is 23.2 Å². The normalized spacial score (nSPS) is 20.0. The van der Waals surface area contributed by atoms with Crippen molar-refractivity contribution in [2.75, 3.05) is 0 Å². The van der Waals surface area contributed by atoms with Crippen molar-refractivity contribution in [1.82, 2.24) is 9.99 Å². The SMILES string of the molecule is NC1=NC2NN=C(Cn3ccc(C(F)(F)F)c(Oc4cc(Cl)cc(Cl)c4)c3=O)C2C=C1. The fraction of sp³-hybridized carbons (Fsp3) is 0.211. The van der Waals surface area contributed by atoms with E-state index in [0.717, 1.165) is 16.8 Å². The van der Waals surface area contributed by atoms with Gasteiger partial charge in [-0.3, -0.25) is 10.2 Å². The number of hydrogen-bond donors (Lipinski definition) is 2. The monoisotopic (exact) mass is 471 g/mol. The molecule has 162 valence electrons. The van der Waals surface area contributed by atoms with Crippen LogP contribution in [0, 0.1) is 5.92 Å². The number of pyridine rings is 1. The number of alkyl halides is 3. The summed E-state index contributed by atoms with van der Waals surface area (Å²) in [5.41, 5.74) is 6.76. The van der Waals surface area contributed by atoms with Crippen LogP contribution < -0.4 is 21.5 Å². The van der Waals surface area contributed by atoms with Gasteiger partial charge in [-0.15, -0.1) is 0 Å². The zero-order valence-corrected chi connectivity index (χ0v) is 17.0. The zero-order chi connectivity index (χ0) is 22.3. The molecule has 0 amide bonds. The third-order valence-electron chi connectivity index (χ3n) is 4.64. The molecule has 2 aromatic rings. The average Bonchev–Trinajstić information content (AvgIpc) is 3.05. The molecule has 4 rings (SSSR count). The summed E-state index contributed by atoms with van der Waals surface area (Å²) in [6.45, 7) is -0.0719. The number of dihydropyridines is 1. The van der Waals surface area contributed by atoms with E-state index >= 15 is 0 Å². The highest BCUT2D eigenvalue weighted by Crippen LogP contribution is 2.37. The first-order chi connectivity index (χ1) is 14.6. The standard InChI is InChI=1S/C19H14Cl2F3N5O2/c20-9-5-10(21)7-11(6-9)31-16-13(19(22,23)24)3-4-29(18(16)30)8-14-12-1-2-15(25)26-17(12)28-27-14/h1-7,12,17,28H,8H2,(H2,25,26). The Balaban J connectivity index is 1.70. The van der Waals surface area contributed by atoms with Crippen molar-refractivity contribution in [3.8, 4) is 11.5 Å². The largest absolute Gasteiger partial charge is 0.451 e. The molecule has 0 saturated heterocycles. The number of nitrogens with one attached hydrogen (secondary N) is 1. The first kappa shape index (κ1) is 21.3. The summed E-state index contributed by atoms with van der Waals surface area (Å²) in [7, 11) is 0. The maximum Gasteiger partial charge on any atom is 0.420 e. The van der Waals surface area contributed by atoms with Crippen molar-refractivity contribution >= 4 is 34.7 Å².